The molecule has 26 heavy (non-hydrogen) atoms. The monoisotopic (exact) mass is 366 g/mol. The molecule has 0 saturated carbocycles. The van der Waals surface area contributed by atoms with Gasteiger partial charge in [-0.25, -0.2) is 4.98 Å². The van der Waals surface area contributed by atoms with Crippen LogP contribution in [0.3, 0.4) is 0 Å². The Labute approximate surface area is 155 Å². The van der Waals surface area contributed by atoms with Gasteiger partial charge in [0.1, 0.15) is 5.01 Å². The van der Waals surface area contributed by atoms with Crippen LogP contribution in [0.5, 0.6) is 0 Å². The van der Waals surface area contributed by atoms with E-state index in [1.807, 2.05) is 48.5 Å². The quantitative estimate of drug-likeness (QED) is 0.658. The molecule has 1 amide bonds. The number of carbonyl (C=O) groups excluding carboxylic acids is 2. The van der Waals surface area contributed by atoms with Crippen molar-refractivity contribution in [3.63, 3.8) is 0 Å². The lowest BCUT2D eigenvalue weighted by Gasteiger charge is -2.19. The summed E-state index contributed by atoms with van der Waals surface area (Å²) in [5.41, 5.74) is 2.65. The Hall–Kier alpha value is -2.73. The number of hydrogen-bond acceptors (Lipinski definition) is 5. The third kappa shape index (κ3) is 2.97. The van der Waals surface area contributed by atoms with Gasteiger partial charge in [-0.2, -0.15) is 0 Å². The summed E-state index contributed by atoms with van der Waals surface area (Å²) in [6.45, 7) is 2.44. The van der Waals surface area contributed by atoms with Crippen molar-refractivity contribution < 1.29 is 14.3 Å². The molecule has 1 aromatic heterocycles. The summed E-state index contributed by atoms with van der Waals surface area (Å²) in [5, 5.41) is 0.870. The number of aromatic nitrogens is 1. The number of amides is 1. The topological polar surface area (TPSA) is 59.5 Å². The second-order valence-corrected chi connectivity index (χ2v) is 7.19. The van der Waals surface area contributed by atoms with Gasteiger partial charge in [0, 0.05) is 18.5 Å². The number of nitrogens with zero attached hydrogens (tertiary/aromatic N) is 2. The van der Waals surface area contributed by atoms with Gasteiger partial charge in [0.05, 0.1) is 28.4 Å². The van der Waals surface area contributed by atoms with E-state index in [1.165, 1.54) is 0 Å². The summed E-state index contributed by atoms with van der Waals surface area (Å²) >= 11 is 1.60. The highest BCUT2D eigenvalue weighted by Gasteiger charge is 2.37. The molecule has 0 bridgehead atoms. The number of thiazole rings is 1. The molecule has 4 rings (SSSR count). The van der Waals surface area contributed by atoms with Gasteiger partial charge < -0.3 is 9.64 Å². The van der Waals surface area contributed by atoms with Gasteiger partial charge in [-0.15, -0.1) is 11.3 Å². The largest absolute Gasteiger partial charge is 0.466 e. The van der Waals surface area contributed by atoms with E-state index in [1.54, 1.807) is 23.2 Å². The number of carbonyl (C=O) groups is 2. The minimum Gasteiger partial charge on any atom is -0.466 e. The van der Waals surface area contributed by atoms with Crippen molar-refractivity contribution >= 4 is 39.1 Å². The summed E-state index contributed by atoms with van der Waals surface area (Å²) in [4.78, 5) is 31.0. The van der Waals surface area contributed by atoms with Crippen LogP contribution in [0.25, 0.3) is 20.8 Å². The Balaban J connectivity index is 1.70. The second-order valence-electron chi connectivity index (χ2n) is 6.16. The van der Waals surface area contributed by atoms with Gasteiger partial charge in [0.25, 0.3) is 0 Å². The first-order valence-electron chi connectivity index (χ1n) is 8.59. The third-order valence-corrected chi connectivity index (χ3v) is 5.53. The minimum absolute atomic E-state index is 0.0587. The molecule has 0 unspecified atom stereocenters. The SMILES string of the molecule is CCOC(=O)[C@@H]1CC(=O)N(c2ccccc2-c2nc3ccccc3s2)C1. The van der Waals surface area contributed by atoms with E-state index < -0.39 is 5.92 Å². The standard InChI is InChI=1S/C20H18N2O3S/c1-2-25-20(24)13-11-18(23)22(12-13)16-9-5-3-7-14(16)19-21-15-8-4-6-10-17(15)26-19/h3-10,13H,2,11-12H2,1H3/t13-/m1/s1. The predicted octanol–water partition coefficient (Wildman–Crippen LogP) is 3.88. The van der Waals surface area contributed by atoms with Crippen LogP contribution in [-0.4, -0.2) is 30.0 Å². The molecule has 2 heterocycles. The fourth-order valence-electron chi connectivity index (χ4n) is 3.24. The zero-order valence-electron chi connectivity index (χ0n) is 14.3. The normalized spacial score (nSPS) is 17.0. The van der Waals surface area contributed by atoms with E-state index in [0.29, 0.717) is 13.2 Å². The maximum atomic E-state index is 12.6. The van der Waals surface area contributed by atoms with Gasteiger partial charge >= 0.3 is 5.97 Å². The fourth-order valence-corrected chi connectivity index (χ4v) is 4.24. The van der Waals surface area contributed by atoms with Crippen molar-refractivity contribution in [2.24, 2.45) is 5.92 Å². The maximum absolute atomic E-state index is 12.6. The molecule has 1 saturated heterocycles. The molecule has 1 aliphatic rings. The van der Waals surface area contributed by atoms with E-state index in [9.17, 15) is 9.59 Å². The van der Waals surface area contributed by atoms with Crippen molar-refractivity contribution in [2.45, 2.75) is 13.3 Å². The number of rotatable bonds is 4. The molecule has 6 heteroatoms. The number of ether oxygens (including phenoxy) is 1. The van der Waals surface area contributed by atoms with Gasteiger partial charge in [0.15, 0.2) is 0 Å². The molecule has 0 radical (unpaired) electrons. The van der Waals surface area contributed by atoms with Crippen molar-refractivity contribution in [3.05, 3.63) is 48.5 Å². The third-order valence-electron chi connectivity index (χ3n) is 4.46. The molecule has 1 fully saturated rings. The summed E-state index contributed by atoms with van der Waals surface area (Å²) in [6.07, 6.45) is 0.188. The number of benzene rings is 2. The molecule has 1 aliphatic heterocycles. The van der Waals surface area contributed by atoms with Crippen LogP contribution < -0.4 is 4.90 Å². The highest BCUT2D eigenvalue weighted by atomic mass is 32.1. The summed E-state index contributed by atoms with van der Waals surface area (Å²) in [5.74, 6) is -0.775. The second kappa shape index (κ2) is 6.88. The molecular weight excluding hydrogens is 348 g/mol. The zero-order valence-corrected chi connectivity index (χ0v) is 15.2. The molecule has 1 atom stereocenters. The van der Waals surface area contributed by atoms with Crippen LogP contribution >= 0.6 is 11.3 Å². The molecule has 0 spiro atoms. The van der Waals surface area contributed by atoms with Crippen molar-refractivity contribution in [1.29, 1.82) is 0 Å². The summed E-state index contributed by atoms with van der Waals surface area (Å²) in [7, 11) is 0. The molecule has 2 aromatic carbocycles. The number of anilines is 1. The average molecular weight is 366 g/mol. The first-order chi connectivity index (χ1) is 12.7. The van der Waals surface area contributed by atoms with E-state index in [0.717, 1.165) is 26.5 Å². The fraction of sp³-hybridized carbons (Fsp3) is 0.250. The van der Waals surface area contributed by atoms with Crippen LogP contribution in [0, 0.1) is 5.92 Å². The molecule has 0 N–H and O–H groups in total. The number of fused-ring (bicyclic) bond motifs is 1. The Morgan fingerprint density at radius 1 is 1.23 bits per heavy atom. The first kappa shape index (κ1) is 16.7. The smallest absolute Gasteiger partial charge is 0.311 e. The highest BCUT2D eigenvalue weighted by Crippen LogP contribution is 2.38. The van der Waals surface area contributed by atoms with Crippen LogP contribution in [0.4, 0.5) is 5.69 Å². The Bertz CT molecular complexity index is 949. The Kier molecular flexibility index (Phi) is 4.42. The van der Waals surface area contributed by atoms with Gasteiger partial charge in [0.2, 0.25) is 5.91 Å². The van der Waals surface area contributed by atoms with Crippen LogP contribution in [0.1, 0.15) is 13.3 Å². The minimum atomic E-state index is -0.411. The van der Waals surface area contributed by atoms with Crippen LogP contribution in [0.2, 0.25) is 0 Å². The Morgan fingerprint density at radius 3 is 2.81 bits per heavy atom. The van der Waals surface area contributed by atoms with Gasteiger partial charge in [-0.3, -0.25) is 9.59 Å². The first-order valence-corrected chi connectivity index (χ1v) is 9.41. The molecule has 132 valence electrons. The summed E-state index contributed by atoms with van der Waals surface area (Å²) < 4.78 is 6.19. The van der Waals surface area contributed by atoms with Crippen molar-refractivity contribution in [3.8, 4) is 10.6 Å². The van der Waals surface area contributed by atoms with Crippen LogP contribution in [-0.2, 0) is 14.3 Å². The van der Waals surface area contributed by atoms with E-state index in [4.69, 9.17) is 9.72 Å². The van der Waals surface area contributed by atoms with Crippen molar-refractivity contribution in [1.82, 2.24) is 4.98 Å². The van der Waals surface area contributed by atoms with E-state index in [2.05, 4.69) is 0 Å². The highest BCUT2D eigenvalue weighted by molar-refractivity contribution is 7.21. The average Bonchev–Trinajstić information content (AvgIpc) is 3.25. The summed E-state index contributed by atoms with van der Waals surface area (Å²) in [6, 6.07) is 15.7. The zero-order chi connectivity index (χ0) is 18.1. The number of hydrogen-bond donors (Lipinski definition) is 0. The molecule has 0 aliphatic carbocycles. The number of para-hydroxylation sites is 2. The lowest BCUT2D eigenvalue weighted by Crippen LogP contribution is -2.26. The molecule has 5 nitrogen and oxygen atoms in total. The van der Waals surface area contributed by atoms with Crippen molar-refractivity contribution in [2.75, 3.05) is 18.1 Å². The lowest BCUT2D eigenvalue weighted by atomic mass is 10.1. The van der Waals surface area contributed by atoms with E-state index >= 15 is 0 Å². The van der Waals surface area contributed by atoms with Gasteiger partial charge in [-0.1, -0.05) is 24.3 Å². The molecule has 3 aromatic rings. The Morgan fingerprint density at radius 2 is 2.00 bits per heavy atom. The maximum Gasteiger partial charge on any atom is 0.311 e. The number of esters is 1. The van der Waals surface area contributed by atoms with Crippen LogP contribution in [0.15, 0.2) is 48.5 Å². The molecular formula is C20H18N2O3S. The van der Waals surface area contributed by atoms with Gasteiger partial charge in [-0.05, 0) is 31.2 Å². The predicted molar refractivity (Wildman–Crippen MR) is 102 cm³/mol. The van der Waals surface area contributed by atoms with E-state index in [-0.39, 0.29) is 18.3 Å². The lowest BCUT2D eigenvalue weighted by molar-refractivity contribution is -0.147.